The number of halogens is 1. The molecule has 3 atom stereocenters. The van der Waals surface area contributed by atoms with E-state index in [2.05, 4.69) is 22.5 Å². The number of methoxy groups -OCH3 is 1. The van der Waals surface area contributed by atoms with Crippen LogP contribution in [-0.2, 0) is 4.74 Å². The Morgan fingerprint density at radius 1 is 1.47 bits per heavy atom. The maximum absolute atomic E-state index is 9.77. The number of aliphatic hydroxyl groups excluding tert-OH is 1. The maximum atomic E-state index is 9.77. The minimum absolute atomic E-state index is 0. The number of rotatable bonds is 6. The molecule has 1 aliphatic carbocycles. The Balaban J connectivity index is 0.00000324. The van der Waals surface area contributed by atoms with Crippen molar-refractivity contribution >= 4 is 29.9 Å². The summed E-state index contributed by atoms with van der Waals surface area (Å²) >= 11 is 0. The molecule has 0 saturated heterocycles. The third-order valence-corrected chi connectivity index (χ3v) is 3.25. The van der Waals surface area contributed by atoms with Crippen molar-refractivity contribution in [1.82, 2.24) is 10.6 Å². The predicted octanol–water partition coefficient (Wildman–Crippen LogP) is 1.36. The van der Waals surface area contributed by atoms with Gasteiger partial charge < -0.3 is 20.5 Å². The van der Waals surface area contributed by atoms with Crippen LogP contribution in [-0.4, -0.2) is 50.0 Å². The second-order valence-corrected chi connectivity index (χ2v) is 4.98. The van der Waals surface area contributed by atoms with E-state index in [4.69, 9.17) is 4.74 Å². The molecule has 5 nitrogen and oxygen atoms in total. The van der Waals surface area contributed by atoms with E-state index in [1.54, 1.807) is 7.11 Å². The van der Waals surface area contributed by atoms with Crippen molar-refractivity contribution in [3.8, 4) is 0 Å². The number of nitrogens with one attached hydrogen (secondary N) is 2. The molecule has 0 aromatic carbocycles. The molecule has 6 heteroatoms. The van der Waals surface area contributed by atoms with Crippen LogP contribution in [0, 0.1) is 5.92 Å². The Bertz CT molecular complexity index is 264. The van der Waals surface area contributed by atoms with Gasteiger partial charge in [-0.15, -0.1) is 24.0 Å². The fourth-order valence-corrected chi connectivity index (χ4v) is 2.28. The summed E-state index contributed by atoms with van der Waals surface area (Å²) < 4.78 is 5.09. The molecule has 0 aromatic rings. The zero-order valence-electron chi connectivity index (χ0n) is 12.2. The predicted molar refractivity (Wildman–Crippen MR) is 89.2 cm³/mol. The van der Waals surface area contributed by atoms with Crippen LogP contribution in [0.3, 0.4) is 0 Å². The molecule has 1 aliphatic rings. The number of aliphatic hydroxyl groups is 1. The summed E-state index contributed by atoms with van der Waals surface area (Å²) in [5.41, 5.74) is 0. The van der Waals surface area contributed by atoms with Crippen LogP contribution in [0.2, 0.25) is 0 Å². The van der Waals surface area contributed by atoms with E-state index < -0.39 is 0 Å². The zero-order chi connectivity index (χ0) is 13.4. The molecule has 3 N–H and O–H groups in total. The van der Waals surface area contributed by atoms with E-state index in [9.17, 15) is 5.11 Å². The third-order valence-electron chi connectivity index (χ3n) is 3.25. The number of hydrogen-bond donors (Lipinski definition) is 3. The van der Waals surface area contributed by atoms with Crippen LogP contribution in [0.1, 0.15) is 33.1 Å². The molecule has 114 valence electrons. The Morgan fingerprint density at radius 2 is 2.21 bits per heavy atom. The van der Waals surface area contributed by atoms with Gasteiger partial charge in [-0.25, -0.2) is 0 Å². The van der Waals surface area contributed by atoms with Crippen LogP contribution in [0.15, 0.2) is 4.99 Å². The number of hydrogen-bond acceptors (Lipinski definition) is 3. The molecule has 0 spiro atoms. The molecule has 3 unspecified atom stereocenters. The van der Waals surface area contributed by atoms with Crippen LogP contribution in [0.5, 0.6) is 0 Å². The summed E-state index contributed by atoms with van der Waals surface area (Å²) in [7, 11) is 1.69. The Morgan fingerprint density at radius 3 is 2.74 bits per heavy atom. The van der Waals surface area contributed by atoms with E-state index in [1.807, 2.05) is 6.92 Å². The highest BCUT2D eigenvalue weighted by Crippen LogP contribution is 2.25. The first-order valence-electron chi connectivity index (χ1n) is 6.89. The summed E-state index contributed by atoms with van der Waals surface area (Å²) in [6.45, 7) is 6.27. The first-order chi connectivity index (χ1) is 8.67. The molecular weight excluding hydrogens is 357 g/mol. The molecule has 1 fully saturated rings. The number of guanidine groups is 1. The van der Waals surface area contributed by atoms with Crippen molar-refractivity contribution in [3.63, 3.8) is 0 Å². The SMILES string of the molecule is CCNC(=NCC1CCCC1O)NC(C)COC.I. The van der Waals surface area contributed by atoms with Crippen molar-refractivity contribution in [2.24, 2.45) is 10.9 Å². The molecule has 19 heavy (non-hydrogen) atoms. The lowest BCUT2D eigenvalue weighted by atomic mass is 10.1. The van der Waals surface area contributed by atoms with Crippen LogP contribution >= 0.6 is 24.0 Å². The number of ether oxygens (including phenoxy) is 1. The molecule has 0 aromatic heterocycles. The third kappa shape index (κ3) is 7.31. The smallest absolute Gasteiger partial charge is 0.191 e. The summed E-state index contributed by atoms with van der Waals surface area (Å²) in [5, 5.41) is 16.3. The van der Waals surface area contributed by atoms with Crippen molar-refractivity contribution in [2.45, 2.75) is 45.3 Å². The monoisotopic (exact) mass is 385 g/mol. The van der Waals surface area contributed by atoms with Crippen molar-refractivity contribution in [2.75, 3.05) is 26.8 Å². The van der Waals surface area contributed by atoms with Gasteiger partial charge in [-0.1, -0.05) is 6.42 Å². The van der Waals surface area contributed by atoms with Gasteiger partial charge in [0.25, 0.3) is 0 Å². The van der Waals surface area contributed by atoms with Crippen LogP contribution in [0.25, 0.3) is 0 Å². The summed E-state index contributed by atoms with van der Waals surface area (Å²) in [5.74, 6) is 1.12. The second-order valence-electron chi connectivity index (χ2n) is 4.98. The Hall–Kier alpha value is -0.0800. The van der Waals surface area contributed by atoms with E-state index in [0.717, 1.165) is 31.8 Å². The minimum Gasteiger partial charge on any atom is -0.393 e. The van der Waals surface area contributed by atoms with Crippen LogP contribution in [0.4, 0.5) is 0 Å². The van der Waals surface area contributed by atoms with Crippen molar-refractivity contribution in [1.29, 1.82) is 0 Å². The minimum atomic E-state index is -0.173. The van der Waals surface area contributed by atoms with Gasteiger partial charge in [-0.05, 0) is 26.7 Å². The molecule has 0 radical (unpaired) electrons. The largest absolute Gasteiger partial charge is 0.393 e. The highest BCUT2D eigenvalue weighted by Gasteiger charge is 2.24. The standard InChI is InChI=1S/C13H27N3O2.HI/c1-4-14-13(16-10(2)9-18-3)15-8-11-6-5-7-12(11)17;/h10-12,17H,4-9H2,1-3H3,(H2,14,15,16);1H. The molecule has 1 rings (SSSR count). The quantitative estimate of drug-likeness (QED) is 0.367. The van der Waals surface area contributed by atoms with Crippen LogP contribution < -0.4 is 10.6 Å². The lowest BCUT2D eigenvalue weighted by Gasteiger charge is -2.18. The lowest BCUT2D eigenvalue weighted by Crippen LogP contribution is -2.44. The highest BCUT2D eigenvalue weighted by atomic mass is 127. The van der Waals surface area contributed by atoms with E-state index in [-0.39, 0.29) is 36.1 Å². The van der Waals surface area contributed by atoms with E-state index in [0.29, 0.717) is 19.1 Å². The average molecular weight is 385 g/mol. The van der Waals surface area contributed by atoms with Gasteiger partial charge in [-0.3, -0.25) is 4.99 Å². The number of aliphatic imine (C=N–C) groups is 1. The second kappa shape index (κ2) is 10.7. The van der Waals surface area contributed by atoms with Gasteiger partial charge >= 0.3 is 0 Å². The van der Waals surface area contributed by atoms with Crippen molar-refractivity contribution in [3.05, 3.63) is 0 Å². The first-order valence-corrected chi connectivity index (χ1v) is 6.89. The van der Waals surface area contributed by atoms with Gasteiger partial charge in [0.2, 0.25) is 0 Å². The van der Waals surface area contributed by atoms with Gasteiger partial charge in [0.15, 0.2) is 5.96 Å². The fraction of sp³-hybridized carbons (Fsp3) is 0.923. The highest BCUT2D eigenvalue weighted by molar-refractivity contribution is 14.0. The summed E-state index contributed by atoms with van der Waals surface area (Å²) in [6.07, 6.45) is 2.95. The van der Waals surface area contributed by atoms with Gasteiger partial charge in [-0.2, -0.15) is 0 Å². The van der Waals surface area contributed by atoms with E-state index >= 15 is 0 Å². The topological polar surface area (TPSA) is 65.9 Å². The van der Waals surface area contributed by atoms with Gasteiger partial charge in [0.05, 0.1) is 12.7 Å². The first kappa shape index (κ1) is 18.9. The Kier molecular flexibility index (Phi) is 10.6. The molecule has 0 amide bonds. The summed E-state index contributed by atoms with van der Waals surface area (Å²) in [4.78, 5) is 4.55. The lowest BCUT2D eigenvalue weighted by molar-refractivity contribution is 0.136. The molecule has 0 bridgehead atoms. The van der Waals surface area contributed by atoms with E-state index in [1.165, 1.54) is 0 Å². The van der Waals surface area contributed by atoms with Gasteiger partial charge in [0, 0.05) is 32.2 Å². The van der Waals surface area contributed by atoms with Crippen molar-refractivity contribution < 1.29 is 9.84 Å². The summed E-state index contributed by atoms with van der Waals surface area (Å²) in [6, 6.07) is 0.223. The Labute approximate surface area is 133 Å². The molecular formula is C13H28IN3O2. The molecule has 1 saturated carbocycles. The zero-order valence-corrected chi connectivity index (χ0v) is 14.5. The molecule has 0 heterocycles. The number of nitrogens with zero attached hydrogens (tertiary/aromatic N) is 1. The average Bonchev–Trinajstić information content (AvgIpc) is 2.72. The van der Waals surface area contributed by atoms with Gasteiger partial charge in [0.1, 0.15) is 0 Å². The fourth-order valence-electron chi connectivity index (χ4n) is 2.28. The molecule has 0 aliphatic heterocycles. The maximum Gasteiger partial charge on any atom is 0.191 e. The normalized spacial score (nSPS) is 24.7.